The Kier molecular flexibility index (Phi) is 9.66. The predicted octanol–water partition coefficient (Wildman–Crippen LogP) is 13.6. The first kappa shape index (κ1) is 38.8. The van der Waals surface area contributed by atoms with Crippen LogP contribution >= 0.6 is 15.8 Å². The van der Waals surface area contributed by atoms with E-state index in [0.717, 1.165) is 0 Å². The Morgan fingerprint density at radius 1 is 0.403 bits per heavy atom. The van der Waals surface area contributed by atoms with Gasteiger partial charge in [0.15, 0.2) is 0 Å². The van der Waals surface area contributed by atoms with Crippen LogP contribution in [-0.2, 0) is 12.8 Å². The van der Waals surface area contributed by atoms with Gasteiger partial charge in [-0.2, -0.15) is 0 Å². The van der Waals surface area contributed by atoms with Crippen LogP contribution in [0.3, 0.4) is 0 Å². The van der Waals surface area contributed by atoms with Gasteiger partial charge in [-0.05, 0) is 189 Å². The molecule has 2 unspecified atom stereocenters. The molecule has 62 heavy (non-hydrogen) atoms. The molecule has 4 atom stereocenters. The summed E-state index contributed by atoms with van der Waals surface area (Å²) in [5.41, 5.74) is 10.3. The summed E-state index contributed by atoms with van der Waals surface area (Å²) in [6, 6.07) is 66.4. The first-order chi connectivity index (χ1) is 30.5. The first-order valence-corrected chi connectivity index (χ1v) is 26.1. The lowest BCUT2D eigenvalue weighted by molar-refractivity contribution is 0.253. The zero-order valence-corrected chi connectivity index (χ0v) is 38.1. The summed E-state index contributed by atoms with van der Waals surface area (Å²) in [6.07, 6.45) is 13.0. The molecule has 0 nitrogen and oxygen atoms in total. The second-order valence-electron chi connectivity index (χ2n) is 19.6. The first-order valence-electron chi connectivity index (χ1n) is 23.5. The SMILES string of the molecule is C[C@@]12CCCC1c1cc(-c3c(P(c4ccccc4)c4ccccc4)ccc4c5c(ccc34)C3CCC[C@@]3(C)CC5)c3cc(P(c4ccccc4)c4ccccc4)ccc3c1CC2. The highest BCUT2D eigenvalue weighted by Gasteiger charge is 2.45. The van der Waals surface area contributed by atoms with Crippen LogP contribution in [0, 0.1) is 10.8 Å². The summed E-state index contributed by atoms with van der Waals surface area (Å²) in [7, 11) is -1.64. The quantitative estimate of drug-likeness (QED) is 0.140. The van der Waals surface area contributed by atoms with E-state index >= 15 is 0 Å². The van der Waals surface area contributed by atoms with E-state index in [2.05, 4.69) is 184 Å². The normalized spacial score (nSPS) is 22.8. The largest absolute Gasteiger partial charge is 0.0622 e. The monoisotopic (exact) mass is 838 g/mol. The molecule has 0 saturated heterocycles. The van der Waals surface area contributed by atoms with E-state index in [1.807, 2.05) is 0 Å². The Bertz CT molecular complexity index is 2880. The van der Waals surface area contributed by atoms with Crippen molar-refractivity contribution in [2.75, 3.05) is 0 Å². The molecule has 2 fully saturated rings. The molecule has 0 N–H and O–H groups in total. The van der Waals surface area contributed by atoms with Gasteiger partial charge >= 0.3 is 0 Å². The highest BCUT2D eigenvalue weighted by molar-refractivity contribution is 7.80. The van der Waals surface area contributed by atoms with Crippen LogP contribution in [0.4, 0.5) is 0 Å². The fourth-order valence-electron chi connectivity index (χ4n) is 13.1. The van der Waals surface area contributed by atoms with Gasteiger partial charge in [-0.15, -0.1) is 0 Å². The van der Waals surface area contributed by atoms with Crippen molar-refractivity contribution in [3.63, 3.8) is 0 Å². The van der Waals surface area contributed by atoms with Gasteiger partial charge in [0, 0.05) is 0 Å². The Morgan fingerprint density at radius 3 is 1.44 bits per heavy atom. The Balaban J connectivity index is 1.20. The van der Waals surface area contributed by atoms with E-state index in [1.165, 1.54) is 129 Å². The van der Waals surface area contributed by atoms with Gasteiger partial charge in [0.25, 0.3) is 0 Å². The third-order valence-corrected chi connectivity index (χ3v) is 21.1. The number of fused-ring (bicyclic) bond motifs is 10. The standard InChI is InChI=1S/C60H56P2/c1-59-35-15-25-55(59)50-29-30-51-46(48(50)33-37-59)31-32-57(62(43-21-11-5-12-22-43)44-23-13-6-14-24-44)58(51)54-40-53-49(34-38-60(2)36-16-26-56(53)60)47-28-27-45(39-52(47)54)61(41-17-7-3-8-18-41)42-19-9-4-10-20-42/h3-14,17-24,27-32,39-40,55-56H,15-16,25-26,33-38H2,1-2H3/t55?,56?,59-,60-/m0/s1. The minimum Gasteiger partial charge on any atom is -0.0622 e. The van der Waals surface area contributed by atoms with Crippen LogP contribution < -0.4 is 31.8 Å². The minimum atomic E-state index is -0.868. The van der Waals surface area contributed by atoms with Crippen LogP contribution in [0.25, 0.3) is 32.7 Å². The Hall–Kier alpha value is -4.86. The molecule has 0 aromatic heterocycles. The molecule has 8 aromatic rings. The minimum absolute atomic E-state index is 0.377. The number of rotatable bonds is 7. The number of hydrogen-bond donors (Lipinski definition) is 0. The van der Waals surface area contributed by atoms with E-state index in [1.54, 1.807) is 22.3 Å². The van der Waals surface area contributed by atoms with Crippen molar-refractivity contribution in [1.29, 1.82) is 0 Å². The zero-order valence-electron chi connectivity index (χ0n) is 36.3. The Labute approximate surface area is 371 Å². The van der Waals surface area contributed by atoms with Crippen molar-refractivity contribution in [1.82, 2.24) is 0 Å². The molecule has 0 aliphatic heterocycles. The van der Waals surface area contributed by atoms with Gasteiger partial charge in [-0.1, -0.05) is 184 Å². The molecule has 2 saturated carbocycles. The average molecular weight is 839 g/mol. The number of hydrogen-bond acceptors (Lipinski definition) is 0. The lowest BCUT2D eigenvalue weighted by Crippen LogP contribution is -2.27. The third kappa shape index (κ3) is 6.30. The molecule has 0 bridgehead atoms. The zero-order chi connectivity index (χ0) is 41.4. The van der Waals surface area contributed by atoms with E-state index in [9.17, 15) is 0 Å². The molecule has 4 aliphatic rings. The van der Waals surface area contributed by atoms with Gasteiger partial charge in [-0.25, -0.2) is 0 Å². The van der Waals surface area contributed by atoms with Gasteiger partial charge in [0.1, 0.15) is 0 Å². The molecule has 0 spiro atoms. The molecule has 12 rings (SSSR count). The van der Waals surface area contributed by atoms with Crippen molar-refractivity contribution in [3.05, 3.63) is 192 Å². The van der Waals surface area contributed by atoms with Crippen LogP contribution in [0.5, 0.6) is 0 Å². The van der Waals surface area contributed by atoms with E-state index in [0.29, 0.717) is 22.7 Å². The fourth-order valence-corrected chi connectivity index (χ4v) is 17.9. The number of benzene rings is 8. The molecule has 306 valence electrons. The summed E-state index contributed by atoms with van der Waals surface area (Å²) in [5.74, 6) is 1.28. The molecule has 0 radical (unpaired) electrons. The van der Waals surface area contributed by atoms with E-state index in [-0.39, 0.29) is 0 Å². The van der Waals surface area contributed by atoms with Crippen LogP contribution in [0.1, 0.15) is 99.3 Å². The molecule has 0 amide bonds. The van der Waals surface area contributed by atoms with Crippen LogP contribution in [0.15, 0.2) is 170 Å². The smallest absolute Gasteiger partial charge is 0.00153 e. The van der Waals surface area contributed by atoms with Crippen molar-refractivity contribution in [2.45, 2.75) is 89.9 Å². The second kappa shape index (κ2) is 15.4. The predicted molar refractivity (Wildman–Crippen MR) is 270 cm³/mol. The van der Waals surface area contributed by atoms with E-state index < -0.39 is 15.8 Å². The molecular weight excluding hydrogens is 783 g/mol. The average Bonchev–Trinajstić information content (AvgIpc) is 3.93. The van der Waals surface area contributed by atoms with Crippen molar-refractivity contribution >= 4 is 69.2 Å². The Morgan fingerprint density at radius 2 is 0.871 bits per heavy atom. The molecule has 0 heterocycles. The summed E-state index contributed by atoms with van der Waals surface area (Å²) >= 11 is 0. The lowest BCUT2D eigenvalue weighted by Gasteiger charge is -2.39. The molecular formula is C60H56P2. The lowest BCUT2D eigenvalue weighted by atomic mass is 9.65. The van der Waals surface area contributed by atoms with Crippen LogP contribution in [0.2, 0.25) is 0 Å². The molecule has 2 heteroatoms. The van der Waals surface area contributed by atoms with Crippen molar-refractivity contribution in [3.8, 4) is 11.1 Å². The topological polar surface area (TPSA) is 0 Å². The fraction of sp³-hybridized carbons (Fsp3) is 0.267. The summed E-state index contributed by atoms with van der Waals surface area (Å²) in [4.78, 5) is 0. The van der Waals surface area contributed by atoms with Crippen molar-refractivity contribution in [2.24, 2.45) is 10.8 Å². The molecule has 8 aromatic carbocycles. The highest BCUT2D eigenvalue weighted by atomic mass is 31.1. The number of aryl methyl sites for hydroxylation is 2. The van der Waals surface area contributed by atoms with E-state index in [4.69, 9.17) is 0 Å². The van der Waals surface area contributed by atoms with Gasteiger partial charge < -0.3 is 0 Å². The van der Waals surface area contributed by atoms with Gasteiger partial charge in [-0.3, -0.25) is 0 Å². The summed E-state index contributed by atoms with van der Waals surface area (Å²) < 4.78 is 0. The van der Waals surface area contributed by atoms with Gasteiger partial charge in [0.05, 0.1) is 0 Å². The van der Waals surface area contributed by atoms with Gasteiger partial charge in [0.2, 0.25) is 0 Å². The third-order valence-electron chi connectivity index (χ3n) is 16.2. The summed E-state index contributed by atoms with van der Waals surface area (Å²) in [6.45, 7) is 5.20. The van der Waals surface area contributed by atoms with Crippen molar-refractivity contribution < 1.29 is 0 Å². The van der Waals surface area contributed by atoms with Crippen LogP contribution in [-0.4, -0.2) is 0 Å². The maximum Gasteiger partial charge on any atom is -0.00153 e. The molecule has 4 aliphatic carbocycles. The maximum absolute atomic E-state index is 2.78. The highest BCUT2D eigenvalue weighted by Crippen LogP contribution is 2.59. The summed E-state index contributed by atoms with van der Waals surface area (Å²) in [5, 5.41) is 14.4. The second-order valence-corrected chi connectivity index (χ2v) is 24.0. The maximum atomic E-state index is 2.78.